The van der Waals surface area contributed by atoms with Crippen LogP contribution in [0.3, 0.4) is 0 Å². The van der Waals surface area contributed by atoms with Crippen LogP contribution < -0.4 is 0 Å². The summed E-state index contributed by atoms with van der Waals surface area (Å²) in [5, 5.41) is 10.3. The summed E-state index contributed by atoms with van der Waals surface area (Å²) in [5.41, 5.74) is 0.0658. The number of hydrogen-bond donors (Lipinski definition) is 1. The molecule has 1 aliphatic carbocycles. The first-order chi connectivity index (χ1) is 8.43. The first-order valence-corrected chi connectivity index (χ1v) is 6.72. The van der Waals surface area contributed by atoms with E-state index in [2.05, 4.69) is 11.9 Å². The standard InChI is InChI=1S/C13H15Cl2NO2/c1-8-2-3-13(5-8,12(17)18)6-9-7-16-11(15)4-10(9)14/h4,7-8H,2-3,5-6H2,1H3,(H,17,18). The zero-order valence-corrected chi connectivity index (χ0v) is 11.6. The minimum atomic E-state index is -0.738. The fourth-order valence-electron chi connectivity index (χ4n) is 2.75. The molecular formula is C13H15Cl2NO2. The number of carbonyl (C=O) groups is 1. The van der Waals surface area contributed by atoms with E-state index in [4.69, 9.17) is 23.2 Å². The summed E-state index contributed by atoms with van der Waals surface area (Å²) >= 11 is 11.8. The van der Waals surface area contributed by atoms with Gasteiger partial charge in [0.15, 0.2) is 0 Å². The van der Waals surface area contributed by atoms with Gasteiger partial charge in [0.25, 0.3) is 0 Å². The molecule has 2 atom stereocenters. The summed E-state index contributed by atoms with van der Waals surface area (Å²) in [7, 11) is 0. The number of aromatic nitrogens is 1. The molecule has 3 nitrogen and oxygen atoms in total. The van der Waals surface area contributed by atoms with Gasteiger partial charge >= 0.3 is 5.97 Å². The van der Waals surface area contributed by atoms with Crippen LogP contribution in [-0.4, -0.2) is 16.1 Å². The number of carboxylic acid groups (broad SMARTS) is 1. The van der Waals surface area contributed by atoms with Crippen molar-refractivity contribution in [3.63, 3.8) is 0 Å². The van der Waals surface area contributed by atoms with Crippen molar-refractivity contribution in [1.29, 1.82) is 0 Å². The molecule has 1 fully saturated rings. The third-order valence-corrected chi connectivity index (χ3v) is 4.29. The smallest absolute Gasteiger partial charge is 0.309 e. The average molecular weight is 288 g/mol. The molecule has 1 heterocycles. The van der Waals surface area contributed by atoms with E-state index in [1.807, 2.05) is 0 Å². The van der Waals surface area contributed by atoms with Crippen molar-refractivity contribution in [2.45, 2.75) is 32.6 Å². The van der Waals surface area contributed by atoms with Gasteiger partial charge in [-0.2, -0.15) is 0 Å². The molecule has 2 rings (SSSR count). The molecular weight excluding hydrogens is 273 g/mol. The maximum Gasteiger partial charge on any atom is 0.309 e. The summed E-state index contributed by atoms with van der Waals surface area (Å²) in [5.74, 6) is -0.294. The SMILES string of the molecule is CC1CCC(Cc2cnc(Cl)cc2Cl)(C(=O)O)C1. The van der Waals surface area contributed by atoms with Gasteiger partial charge in [-0.25, -0.2) is 4.98 Å². The molecule has 0 saturated heterocycles. The van der Waals surface area contributed by atoms with Gasteiger partial charge in [0.2, 0.25) is 0 Å². The van der Waals surface area contributed by atoms with Crippen LogP contribution in [0.1, 0.15) is 31.7 Å². The lowest BCUT2D eigenvalue weighted by atomic mass is 9.80. The third-order valence-electron chi connectivity index (χ3n) is 3.73. The Hall–Kier alpha value is -0.800. The van der Waals surface area contributed by atoms with E-state index in [1.54, 1.807) is 12.3 Å². The van der Waals surface area contributed by atoms with E-state index < -0.39 is 11.4 Å². The van der Waals surface area contributed by atoms with Crippen molar-refractivity contribution in [2.24, 2.45) is 11.3 Å². The minimum absolute atomic E-state index is 0.327. The summed E-state index contributed by atoms with van der Waals surface area (Å²) in [6, 6.07) is 1.56. The Balaban J connectivity index is 2.27. The molecule has 18 heavy (non-hydrogen) atoms. The molecule has 98 valence electrons. The quantitative estimate of drug-likeness (QED) is 0.860. The van der Waals surface area contributed by atoms with E-state index in [0.29, 0.717) is 35.4 Å². The molecule has 1 aromatic rings. The second-order valence-corrected chi connectivity index (χ2v) is 6.00. The highest BCUT2D eigenvalue weighted by atomic mass is 35.5. The lowest BCUT2D eigenvalue weighted by Crippen LogP contribution is -2.30. The Morgan fingerprint density at radius 2 is 2.33 bits per heavy atom. The second kappa shape index (κ2) is 5.06. The van der Waals surface area contributed by atoms with Gasteiger partial charge in [-0.3, -0.25) is 4.79 Å². The second-order valence-electron chi connectivity index (χ2n) is 5.21. The van der Waals surface area contributed by atoms with Crippen molar-refractivity contribution in [1.82, 2.24) is 4.98 Å². The lowest BCUT2D eigenvalue weighted by Gasteiger charge is -2.24. The van der Waals surface area contributed by atoms with Crippen LogP contribution in [0.25, 0.3) is 0 Å². The Kier molecular flexibility index (Phi) is 3.83. The van der Waals surface area contributed by atoms with Gasteiger partial charge in [0.05, 0.1) is 5.41 Å². The van der Waals surface area contributed by atoms with E-state index in [0.717, 1.165) is 12.0 Å². The fourth-order valence-corrected chi connectivity index (χ4v) is 3.19. The third kappa shape index (κ3) is 2.62. The molecule has 1 saturated carbocycles. The largest absolute Gasteiger partial charge is 0.481 e. The topological polar surface area (TPSA) is 50.2 Å². The maximum absolute atomic E-state index is 11.6. The number of nitrogens with zero attached hydrogens (tertiary/aromatic N) is 1. The molecule has 1 N–H and O–H groups in total. The highest BCUT2D eigenvalue weighted by molar-refractivity contribution is 6.34. The van der Waals surface area contributed by atoms with Crippen LogP contribution >= 0.6 is 23.2 Å². The Morgan fingerprint density at radius 3 is 2.83 bits per heavy atom. The van der Waals surface area contributed by atoms with Gasteiger partial charge < -0.3 is 5.11 Å². The van der Waals surface area contributed by atoms with Gasteiger partial charge in [-0.1, -0.05) is 30.1 Å². The molecule has 5 heteroatoms. The first-order valence-electron chi connectivity index (χ1n) is 5.96. The number of hydrogen-bond acceptors (Lipinski definition) is 2. The van der Waals surface area contributed by atoms with E-state index in [-0.39, 0.29) is 0 Å². The summed E-state index contributed by atoms with van der Waals surface area (Å²) in [6.07, 6.45) is 4.35. The number of carboxylic acids is 1. The number of pyridine rings is 1. The zero-order valence-electron chi connectivity index (χ0n) is 10.1. The van der Waals surface area contributed by atoms with Crippen molar-refractivity contribution < 1.29 is 9.90 Å². The minimum Gasteiger partial charge on any atom is -0.481 e. The average Bonchev–Trinajstić information content (AvgIpc) is 2.66. The van der Waals surface area contributed by atoms with Crippen LogP contribution in [0.4, 0.5) is 0 Å². The lowest BCUT2D eigenvalue weighted by molar-refractivity contribution is -0.148. The fraction of sp³-hybridized carbons (Fsp3) is 0.538. The van der Waals surface area contributed by atoms with E-state index >= 15 is 0 Å². The Morgan fingerprint density at radius 1 is 1.61 bits per heavy atom. The molecule has 2 unspecified atom stereocenters. The Labute approximate surface area is 116 Å². The highest BCUT2D eigenvalue weighted by Gasteiger charge is 2.44. The number of rotatable bonds is 3. The zero-order chi connectivity index (χ0) is 13.3. The summed E-state index contributed by atoms with van der Waals surface area (Å²) in [4.78, 5) is 15.5. The number of halogens is 2. The first kappa shape index (κ1) is 13.6. The van der Waals surface area contributed by atoms with E-state index in [1.165, 1.54) is 0 Å². The molecule has 0 aromatic carbocycles. The van der Waals surface area contributed by atoms with E-state index in [9.17, 15) is 9.90 Å². The van der Waals surface area contributed by atoms with Crippen LogP contribution in [0.15, 0.2) is 12.3 Å². The molecule has 1 aliphatic rings. The normalized spacial score (nSPS) is 27.4. The van der Waals surface area contributed by atoms with Crippen molar-refractivity contribution >= 4 is 29.2 Å². The number of aliphatic carboxylic acids is 1. The summed E-state index contributed by atoms with van der Waals surface area (Å²) in [6.45, 7) is 2.09. The van der Waals surface area contributed by atoms with Gasteiger partial charge in [-0.15, -0.1) is 0 Å². The van der Waals surface area contributed by atoms with Crippen LogP contribution in [0.2, 0.25) is 10.2 Å². The molecule has 0 amide bonds. The predicted octanol–water partition coefficient (Wildman–Crippen LogP) is 3.82. The van der Waals surface area contributed by atoms with Gasteiger partial charge in [-0.05, 0) is 43.2 Å². The van der Waals surface area contributed by atoms with Crippen LogP contribution in [0, 0.1) is 11.3 Å². The van der Waals surface area contributed by atoms with Crippen molar-refractivity contribution in [3.05, 3.63) is 28.0 Å². The highest BCUT2D eigenvalue weighted by Crippen LogP contribution is 2.45. The van der Waals surface area contributed by atoms with Crippen molar-refractivity contribution in [3.8, 4) is 0 Å². The molecule has 0 aliphatic heterocycles. The Bertz CT molecular complexity index is 478. The molecule has 0 spiro atoms. The molecule has 1 aromatic heterocycles. The van der Waals surface area contributed by atoms with Gasteiger partial charge in [0.1, 0.15) is 5.15 Å². The maximum atomic E-state index is 11.6. The predicted molar refractivity (Wildman–Crippen MR) is 71.0 cm³/mol. The van der Waals surface area contributed by atoms with Crippen molar-refractivity contribution in [2.75, 3.05) is 0 Å². The van der Waals surface area contributed by atoms with Gasteiger partial charge in [0, 0.05) is 11.2 Å². The van der Waals surface area contributed by atoms with Crippen LogP contribution in [0.5, 0.6) is 0 Å². The summed E-state index contributed by atoms with van der Waals surface area (Å²) < 4.78 is 0. The molecule has 0 radical (unpaired) electrons. The van der Waals surface area contributed by atoms with Crippen LogP contribution in [-0.2, 0) is 11.2 Å². The molecule has 0 bridgehead atoms. The monoisotopic (exact) mass is 287 g/mol.